The lowest BCUT2D eigenvalue weighted by atomic mass is 28.0. The minimum Gasteiger partial charge on any atom is -0.0791 e. The Morgan fingerprint density at radius 3 is 0.800 bits per heavy atom. The minimum absolute atomic E-state index is 0.731. The number of halogens is 4. The predicted octanol–water partition coefficient (Wildman–Crippen LogP) is 3.16. The molecule has 32 valence electrons. The highest BCUT2D eigenvalue weighted by Gasteiger charge is 2.13. The Balaban J connectivity index is 3.02. The van der Waals surface area contributed by atoms with Crippen molar-refractivity contribution in [2.24, 2.45) is 0 Å². The fraction of sp³-hybridized carbons (Fsp3) is 0. The second-order valence-electron chi connectivity index (χ2n) is 0.429. The molecule has 0 radical (unpaired) electrons. The third-order valence-corrected chi connectivity index (χ3v) is 0. The first-order valence-corrected chi connectivity index (χ1v) is 15.2. The molecule has 0 saturated heterocycles. The van der Waals surface area contributed by atoms with Gasteiger partial charge in [-0.05, 0) is 0 Å². The highest BCUT2D eigenvalue weighted by atomic mass is 127. The highest BCUT2D eigenvalue weighted by molar-refractivity contribution is 14.5. The topological polar surface area (TPSA) is 0 Å². The van der Waals surface area contributed by atoms with Crippen molar-refractivity contribution in [3.05, 3.63) is 0 Å². The zero-order valence-electron chi connectivity index (χ0n) is 2.01. The molecule has 0 aromatic heterocycles. The van der Waals surface area contributed by atoms with Crippen molar-refractivity contribution in [3.8, 4) is 0 Å². The van der Waals surface area contributed by atoms with E-state index in [9.17, 15) is 0 Å². The SMILES string of the molecule is I[Si](I)(I)I. The molecule has 0 unspecified atom stereocenters. The van der Waals surface area contributed by atoms with Crippen LogP contribution >= 0.6 is 87.2 Å². The zero-order valence-corrected chi connectivity index (χ0v) is 11.6. The lowest BCUT2D eigenvalue weighted by Gasteiger charge is -1.89. The molecule has 0 rings (SSSR count). The molecule has 5 heavy (non-hydrogen) atoms. The number of hydrogen-bond acceptors (Lipinski definition) is 0. The molecule has 0 aliphatic carbocycles. The summed E-state index contributed by atoms with van der Waals surface area (Å²) < 4.78 is -0.731. The van der Waals surface area contributed by atoms with Crippen LogP contribution in [0.2, 0.25) is 0 Å². The van der Waals surface area contributed by atoms with Crippen LogP contribution in [0.3, 0.4) is 0 Å². The van der Waals surface area contributed by atoms with Crippen LogP contribution in [0.1, 0.15) is 0 Å². The van der Waals surface area contributed by atoms with E-state index in [1.54, 1.807) is 0 Å². The van der Waals surface area contributed by atoms with Gasteiger partial charge >= 0.3 is -1.94 Å². The van der Waals surface area contributed by atoms with E-state index in [0.717, 1.165) is 0 Å². The van der Waals surface area contributed by atoms with Gasteiger partial charge in [-0.1, -0.05) is 87.2 Å². The molecule has 0 atom stereocenters. The molecule has 0 N–H and O–H groups in total. The first kappa shape index (κ1) is 8.14. The summed E-state index contributed by atoms with van der Waals surface area (Å²) >= 11 is 9.91. The van der Waals surface area contributed by atoms with Crippen LogP contribution < -0.4 is 0 Å². The molecular weight excluding hydrogens is 536 g/mol. The van der Waals surface area contributed by atoms with Gasteiger partial charge in [0.25, 0.3) is 0 Å². The van der Waals surface area contributed by atoms with Gasteiger partial charge in [-0.2, -0.15) is 0 Å². The van der Waals surface area contributed by atoms with E-state index in [2.05, 4.69) is 87.2 Å². The fourth-order valence-corrected chi connectivity index (χ4v) is 0. The molecule has 0 fully saturated rings. The summed E-state index contributed by atoms with van der Waals surface area (Å²) in [7, 11) is 0. The second-order valence-corrected chi connectivity index (χ2v) is 57.9. The van der Waals surface area contributed by atoms with E-state index in [1.807, 2.05) is 0 Å². The van der Waals surface area contributed by atoms with Gasteiger partial charge in [0.1, 0.15) is 0 Å². The Morgan fingerprint density at radius 2 is 0.800 bits per heavy atom. The van der Waals surface area contributed by atoms with Crippen molar-refractivity contribution in [1.82, 2.24) is 0 Å². The van der Waals surface area contributed by atoms with E-state index in [4.69, 9.17) is 0 Å². The van der Waals surface area contributed by atoms with Gasteiger partial charge in [0.15, 0.2) is 0 Å². The summed E-state index contributed by atoms with van der Waals surface area (Å²) in [6, 6.07) is 0. The van der Waals surface area contributed by atoms with Gasteiger partial charge in [-0.3, -0.25) is 0 Å². The van der Waals surface area contributed by atoms with Crippen LogP contribution in [0.5, 0.6) is 0 Å². The Morgan fingerprint density at radius 1 is 0.800 bits per heavy atom. The van der Waals surface area contributed by atoms with Gasteiger partial charge in [-0.15, -0.1) is 0 Å². The molecule has 0 amide bonds. The first-order chi connectivity index (χ1) is 2.00. The van der Waals surface area contributed by atoms with Gasteiger partial charge in [0.05, 0.1) is 0 Å². The summed E-state index contributed by atoms with van der Waals surface area (Å²) in [4.78, 5) is 0. The molecule has 0 nitrogen and oxygen atoms in total. The summed E-state index contributed by atoms with van der Waals surface area (Å²) in [5, 5.41) is 0. The Kier molecular flexibility index (Phi) is 5.24. The molecule has 0 heterocycles. The van der Waals surface area contributed by atoms with Gasteiger partial charge in [-0.25, -0.2) is 0 Å². The smallest absolute Gasteiger partial charge is 0.0791 e. The van der Waals surface area contributed by atoms with Crippen LogP contribution in [0.4, 0.5) is 0 Å². The molecular formula is I4Si. The predicted molar refractivity (Wildman–Crippen MR) is 61.8 cm³/mol. The lowest BCUT2D eigenvalue weighted by molar-refractivity contribution is 5.30. The molecule has 0 aromatic rings. The van der Waals surface area contributed by atoms with E-state index in [-0.39, 0.29) is 0 Å². The van der Waals surface area contributed by atoms with E-state index in [0.29, 0.717) is 0 Å². The minimum atomic E-state index is -0.731. The third kappa shape index (κ3) is 19.1. The molecule has 0 aliphatic heterocycles. The summed E-state index contributed by atoms with van der Waals surface area (Å²) in [6.45, 7) is 0. The summed E-state index contributed by atoms with van der Waals surface area (Å²) in [6.07, 6.45) is 0. The van der Waals surface area contributed by atoms with E-state index >= 15 is 0 Å². The van der Waals surface area contributed by atoms with Crippen molar-refractivity contribution >= 4 is 85.2 Å². The number of rotatable bonds is 0. The maximum absolute atomic E-state index is 2.48. The molecule has 0 bridgehead atoms. The van der Waals surface area contributed by atoms with Crippen molar-refractivity contribution < 1.29 is 0 Å². The maximum Gasteiger partial charge on any atom is 0.317 e. The van der Waals surface area contributed by atoms with Crippen LogP contribution in [0.15, 0.2) is 0 Å². The quantitative estimate of drug-likeness (QED) is 0.254. The monoisotopic (exact) mass is 536 g/mol. The van der Waals surface area contributed by atoms with Crippen molar-refractivity contribution in [1.29, 1.82) is 0 Å². The molecule has 0 aliphatic rings. The Hall–Kier alpha value is 3.14. The molecule has 0 saturated carbocycles. The average Bonchev–Trinajstić information content (AvgIpc) is 0.722. The Labute approximate surface area is 83.1 Å². The normalized spacial score (nSPS) is 12.0. The van der Waals surface area contributed by atoms with E-state index < -0.39 is -1.94 Å². The molecule has 5 heteroatoms. The summed E-state index contributed by atoms with van der Waals surface area (Å²) in [5.41, 5.74) is 0. The maximum atomic E-state index is 2.48. The van der Waals surface area contributed by atoms with Crippen LogP contribution in [-0.4, -0.2) is -1.94 Å². The van der Waals surface area contributed by atoms with Crippen LogP contribution in [-0.2, 0) is 0 Å². The van der Waals surface area contributed by atoms with Gasteiger partial charge < -0.3 is 0 Å². The average molecular weight is 536 g/mol. The largest absolute Gasteiger partial charge is 0.317 e. The molecule has 0 spiro atoms. The van der Waals surface area contributed by atoms with E-state index in [1.165, 1.54) is 0 Å². The summed E-state index contributed by atoms with van der Waals surface area (Å²) in [5.74, 6) is 0. The zero-order chi connectivity index (χ0) is 4.50. The van der Waals surface area contributed by atoms with Crippen molar-refractivity contribution in [3.63, 3.8) is 0 Å². The molecule has 0 aromatic carbocycles. The highest BCUT2D eigenvalue weighted by Crippen LogP contribution is 2.35. The lowest BCUT2D eigenvalue weighted by Crippen LogP contribution is -1.84. The number of hydrogen-bond donors (Lipinski definition) is 0. The van der Waals surface area contributed by atoms with Gasteiger partial charge in [0, 0.05) is 0 Å². The Bertz CT molecular complexity index is 19.1. The standard InChI is InChI=1S/I4Si/c1-5(2,3)4. The van der Waals surface area contributed by atoms with Crippen molar-refractivity contribution in [2.45, 2.75) is 0 Å². The van der Waals surface area contributed by atoms with Gasteiger partial charge in [0.2, 0.25) is 0 Å². The fourth-order valence-electron chi connectivity index (χ4n) is 0. The van der Waals surface area contributed by atoms with Crippen LogP contribution in [0, 0.1) is 0 Å². The second kappa shape index (κ2) is 3.22. The van der Waals surface area contributed by atoms with Crippen molar-refractivity contribution in [2.75, 3.05) is 0 Å². The van der Waals surface area contributed by atoms with Crippen LogP contribution in [0.25, 0.3) is 0 Å². The third-order valence-electron chi connectivity index (χ3n) is 0. The first-order valence-electron chi connectivity index (χ1n) is 0.756.